The summed E-state index contributed by atoms with van der Waals surface area (Å²) in [7, 11) is 0. The zero-order valence-corrected chi connectivity index (χ0v) is 26.0. The Morgan fingerprint density at radius 1 is 0.787 bits per heavy atom. The third-order valence-corrected chi connectivity index (χ3v) is 7.81. The number of hydrogen-bond acceptors (Lipinski definition) is 7. The fraction of sp³-hybridized carbons (Fsp3) is 0.343. The Bertz CT molecular complexity index is 1490. The van der Waals surface area contributed by atoms with Crippen LogP contribution in [0.2, 0.25) is 0 Å². The molecule has 4 atom stereocenters. The molecule has 0 saturated carbocycles. The van der Waals surface area contributed by atoms with E-state index in [1.54, 1.807) is 24.3 Å². The number of carboxylic acid groups (broad SMARTS) is 1. The summed E-state index contributed by atoms with van der Waals surface area (Å²) >= 11 is 0. The van der Waals surface area contributed by atoms with E-state index in [4.69, 9.17) is 15.6 Å². The number of benzene rings is 3. The van der Waals surface area contributed by atoms with Crippen molar-refractivity contribution in [2.75, 3.05) is 19.7 Å². The highest BCUT2D eigenvalue weighted by Crippen LogP contribution is 2.20. The van der Waals surface area contributed by atoms with E-state index in [2.05, 4.69) is 16.0 Å². The van der Waals surface area contributed by atoms with E-state index < -0.39 is 54.4 Å². The predicted octanol–water partition coefficient (Wildman–Crippen LogP) is 1.18. The van der Waals surface area contributed by atoms with E-state index in [0.717, 1.165) is 16.7 Å². The van der Waals surface area contributed by atoms with Gasteiger partial charge in [-0.3, -0.25) is 24.0 Å². The van der Waals surface area contributed by atoms with Crippen LogP contribution in [0, 0.1) is 0 Å². The monoisotopic (exact) mass is 643 g/mol. The van der Waals surface area contributed by atoms with Gasteiger partial charge in [-0.1, -0.05) is 91.0 Å². The Balaban J connectivity index is 1.48. The van der Waals surface area contributed by atoms with Gasteiger partial charge in [-0.05, 0) is 36.0 Å². The van der Waals surface area contributed by atoms with Crippen molar-refractivity contribution in [3.05, 3.63) is 108 Å². The number of amides is 4. The molecular weight excluding hydrogens is 602 g/mol. The van der Waals surface area contributed by atoms with E-state index >= 15 is 0 Å². The minimum atomic E-state index is -1.23. The topological polar surface area (TPSA) is 180 Å². The van der Waals surface area contributed by atoms with E-state index in [-0.39, 0.29) is 25.5 Å². The Kier molecular flexibility index (Phi) is 13.0. The van der Waals surface area contributed by atoms with Gasteiger partial charge in [0.2, 0.25) is 23.6 Å². The van der Waals surface area contributed by atoms with Crippen molar-refractivity contribution in [1.82, 2.24) is 20.9 Å². The standard InChI is InChI=1S/C35H41N5O7/c36-27(19-24-11-4-1-5-12-24)35(46)40-18-10-17-30(40)34(45)39-29(23-47-22-26-15-8-3-9-16-26)33(44)38-28(32(43)37-21-31(41)42)20-25-13-6-2-7-14-25/h1-9,11-16,27-30H,10,17-23,36H2,(H,37,43)(H,38,44)(H,39,45)(H,41,42)/t27-,28-,29-,30-/m0/s1. The number of hydrogen-bond donors (Lipinski definition) is 5. The van der Waals surface area contributed by atoms with Crippen LogP contribution >= 0.6 is 0 Å². The number of carboxylic acids is 1. The molecule has 4 rings (SSSR count). The molecule has 0 radical (unpaired) electrons. The van der Waals surface area contributed by atoms with Crippen molar-refractivity contribution in [1.29, 1.82) is 0 Å². The van der Waals surface area contributed by atoms with Crippen molar-refractivity contribution in [2.24, 2.45) is 5.73 Å². The molecule has 0 aliphatic carbocycles. The molecule has 0 spiro atoms. The average molecular weight is 644 g/mol. The molecule has 6 N–H and O–H groups in total. The summed E-state index contributed by atoms with van der Waals surface area (Å²) in [5, 5.41) is 16.8. The van der Waals surface area contributed by atoms with Crippen molar-refractivity contribution in [3.63, 3.8) is 0 Å². The van der Waals surface area contributed by atoms with Crippen LogP contribution in [0.3, 0.4) is 0 Å². The molecule has 1 fully saturated rings. The number of nitrogens with one attached hydrogen (secondary N) is 3. The number of rotatable bonds is 16. The second-order valence-electron chi connectivity index (χ2n) is 11.4. The zero-order chi connectivity index (χ0) is 33.6. The fourth-order valence-corrected chi connectivity index (χ4v) is 5.41. The van der Waals surface area contributed by atoms with Crippen LogP contribution in [0.15, 0.2) is 91.0 Å². The fourth-order valence-electron chi connectivity index (χ4n) is 5.41. The molecule has 248 valence electrons. The van der Waals surface area contributed by atoms with Crippen molar-refractivity contribution in [2.45, 2.75) is 56.5 Å². The molecule has 1 aliphatic heterocycles. The molecule has 1 saturated heterocycles. The van der Waals surface area contributed by atoms with Crippen LogP contribution in [-0.2, 0) is 48.2 Å². The quantitative estimate of drug-likeness (QED) is 0.154. The molecule has 0 bridgehead atoms. The molecule has 3 aromatic carbocycles. The third-order valence-electron chi connectivity index (χ3n) is 7.81. The summed E-state index contributed by atoms with van der Waals surface area (Å²) in [6.45, 7) is -0.340. The van der Waals surface area contributed by atoms with Gasteiger partial charge < -0.3 is 36.4 Å². The predicted molar refractivity (Wildman–Crippen MR) is 174 cm³/mol. The van der Waals surface area contributed by atoms with Crippen LogP contribution in [0.1, 0.15) is 29.5 Å². The molecule has 12 nitrogen and oxygen atoms in total. The highest BCUT2D eigenvalue weighted by atomic mass is 16.5. The first-order chi connectivity index (χ1) is 22.7. The van der Waals surface area contributed by atoms with Gasteiger partial charge >= 0.3 is 5.97 Å². The maximum atomic E-state index is 13.7. The summed E-state index contributed by atoms with van der Waals surface area (Å²) in [5.74, 6) is -3.52. The van der Waals surface area contributed by atoms with Gasteiger partial charge in [0.05, 0.1) is 19.3 Å². The maximum absolute atomic E-state index is 13.7. The van der Waals surface area contributed by atoms with E-state index in [0.29, 0.717) is 25.8 Å². The van der Waals surface area contributed by atoms with E-state index in [9.17, 15) is 24.0 Å². The minimum Gasteiger partial charge on any atom is -0.480 e. The second kappa shape index (κ2) is 17.6. The van der Waals surface area contributed by atoms with Gasteiger partial charge in [0.1, 0.15) is 24.7 Å². The number of carbonyl (C=O) groups excluding carboxylic acids is 4. The summed E-state index contributed by atoms with van der Waals surface area (Å²) in [5.41, 5.74) is 8.76. The largest absolute Gasteiger partial charge is 0.480 e. The molecule has 12 heteroatoms. The number of nitrogens with zero attached hydrogens (tertiary/aromatic N) is 1. The molecule has 1 aliphatic rings. The lowest BCUT2D eigenvalue weighted by molar-refractivity contribution is -0.141. The zero-order valence-electron chi connectivity index (χ0n) is 26.0. The second-order valence-corrected chi connectivity index (χ2v) is 11.4. The Morgan fingerprint density at radius 2 is 1.36 bits per heavy atom. The third kappa shape index (κ3) is 10.8. The average Bonchev–Trinajstić information content (AvgIpc) is 3.58. The SMILES string of the molecule is N[C@@H](Cc1ccccc1)C(=O)N1CCC[C@H]1C(=O)N[C@@H](COCc1ccccc1)C(=O)N[C@@H](Cc1ccccc1)C(=O)NCC(=O)O. The van der Waals surface area contributed by atoms with Crippen LogP contribution in [-0.4, -0.2) is 83.5 Å². The molecule has 3 aromatic rings. The normalized spacial score (nSPS) is 16.0. The van der Waals surface area contributed by atoms with Crippen LogP contribution < -0.4 is 21.7 Å². The lowest BCUT2D eigenvalue weighted by atomic mass is 10.0. The van der Waals surface area contributed by atoms with Crippen LogP contribution in [0.25, 0.3) is 0 Å². The van der Waals surface area contributed by atoms with E-state index in [1.165, 1.54) is 4.90 Å². The van der Waals surface area contributed by atoms with Crippen molar-refractivity contribution in [3.8, 4) is 0 Å². The molecule has 0 unspecified atom stereocenters. The number of nitrogens with two attached hydrogens (primary N) is 1. The van der Waals surface area contributed by atoms with Gasteiger partial charge in [0.15, 0.2) is 0 Å². The lowest BCUT2D eigenvalue weighted by Gasteiger charge is -2.29. The van der Waals surface area contributed by atoms with Gasteiger partial charge in [-0.15, -0.1) is 0 Å². The van der Waals surface area contributed by atoms with Gasteiger partial charge in [-0.2, -0.15) is 0 Å². The molecule has 1 heterocycles. The molecule has 4 amide bonds. The Labute approximate surface area is 273 Å². The number of carbonyl (C=O) groups is 5. The molecule has 47 heavy (non-hydrogen) atoms. The molecular formula is C35H41N5O7. The smallest absolute Gasteiger partial charge is 0.322 e. The molecule has 0 aromatic heterocycles. The van der Waals surface area contributed by atoms with Gasteiger partial charge in [-0.25, -0.2) is 0 Å². The lowest BCUT2D eigenvalue weighted by Crippen LogP contribution is -2.59. The Hall–Kier alpha value is -5.07. The summed E-state index contributed by atoms with van der Waals surface area (Å²) in [4.78, 5) is 66.3. The van der Waals surface area contributed by atoms with Crippen LogP contribution in [0.5, 0.6) is 0 Å². The number of likely N-dealkylation sites (tertiary alicyclic amines) is 1. The first kappa shape index (κ1) is 34.8. The van der Waals surface area contributed by atoms with Gasteiger partial charge in [0.25, 0.3) is 0 Å². The summed E-state index contributed by atoms with van der Waals surface area (Å²) in [6.07, 6.45) is 1.37. The number of ether oxygens (including phenoxy) is 1. The minimum absolute atomic E-state index is 0.0772. The number of aliphatic carboxylic acids is 1. The summed E-state index contributed by atoms with van der Waals surface area (Å²) in [6, 6.07) is 23.5. The Morgan fingerprint density at radius 3 is 1.96 bits per heavy atom. The first-order valence-corrected chi connectivity index (χ1v) is 15.6. The summed E-state index contributed by atoms with van der Waals surface area (Å²) < 4.78 is 5.83. The van der Waals surface area contributed by atoms with Crippen molar-refractivity contribution >= 4 is 29.6 Å². The highest BCUT2D eigenvalue weighted by molar-refractivity contribution is 5.95. The first-order valence-electron chi connectivity index (χ1n) is 15.6. The maximum Gasteiger partial charge on any atom is 0.322 e. The van der Waals surface area contributed by atoms with Gasteiger partial charge in [0, 0.05) is 13.0 Å². The van der Waals surface area contributed by atoms with Crippen LogP contribution in [0.4, 0.5) is 0 Å². The van der Waals surface area contributed by atoms with E-state index in [1.807, 2.05) is 66.7 Å². The van der Waals surface area contributed by atoms with Crippen molar-refractivity contribution < 1.29 is 33.8 Å². The highest BCUT2D eigenvalue weighted by Gasteiger charge is 2.38.